The zero-order valence-corrected chi connectivity index (χ0v) is 21.0. The molecule has 0 radical (unpaired) electrons. The summed E-state index contributed by atoms with van der Waals surface area (Å²) in [5, 5.41) is 4.03. The van der Waals surface area contributed by atoms with Gasteiger partial charge in [0.15, 0.2) is 0 Å². The number of carbonyl (C=O) groups is 4. The van der Waals surface area contributed by atoms with Gasteiger partial charge in [-0.15, -0.1) is 0 Å². The minimum Gasteiger partial charge on any atom is -0.346 e. The van der Waals surface area contributed by atoms with E-state index in [0.29, 0.717) is 16.7 Å². The fourth-order valence-corrected chi connectivity index (χ4v) is 4.91. The van der Waals surface area contributed by atoms with Crippen molar-refractivity contribution in [1.29, 1.82) is 0 Å². The van der Waals surface area contributed by atoms with Crippen LogP contribution in [0.2, 0.25) is 16.1 Å². The average Bonchev–Trinajstić information content (AvgIpc) is 3.16. The molecule has 2 aromatic carbocycles. The van der Waals surface area contributed by atoms with Gasteiger partial charge >= 0.3 is 5.92 Å². The van der Waals surface area contributed by atoms with Crippen LogP contribution in [0.4, 0.5) is 8.78 Å². The highest BCUT2D eigenvalue weighted by Gasteiger charge is 2.58. The number of carbonyl (C=O) groups excluding carboxylic acids is 4. The first kappa shape index (κ1) is 26.0. The normalized spacial score (nSPS) is 23.2. The third-order valence-corrected chi connectivity index (χ3v) is 7.93. The van der Waals surface area contributed by atoms with Gasteiger partial charge in [0.2, 0.25) is 11.8 Å². The highest BCUT2D eigenvalue weighted by molar-refractivity contribution is 6.58. The molecule has 182 valence electrons. The lowest BCUT2D eigenvalue weighted by Crippen LogP contribution is -2.70. The van der Waals surface area contributed by atoms with Crippen molar-refractivity contribution >= 4 is 66.6 Å². The number of nitrogens with one attached hydrogen (secondary N) is 2. The van der Waals surface area contributed by atoms with Crippen LogP contribution in [0.15, 0.2) is 42.5 Å². The topological polar surface area (TPSA) is 95.6 Å². The van der Waals surface area contributed by atoms with Crippen molar-refractivity contribution < 1.29 is 28.0 Å². The Balaban J connectivity index is 1.51. The Kier molecular flexibility index (Phi) is 6.35. The van der Waals surface area contributed by atoms with Crippen LogP contribution in [0.5, 0.6) is 0 Å². The zero-order valence-electron chi connectivity index (χ0n) is 20.2. The van der Waals surface area contributed by atoms with E-state index in [1.165, 1.54) is 17.0 Å². The SMILES string of the molecule is BC1C(B)(B)C(=O)NC(=O)C1(B)N1Cc2cc(CNC(=O)C(F)(F)c3ccc(Cl)cc3)ccc2C1=O. The fraction of sp³-hybridized carbons (Fsp3) is 0.273. The first-order chi connectivity index (χ1) is 16.7. The molecule has 0 spiro atoms. The Morgan fingerprint density at radius 3 is 2.39 bits per heavy atom. The van der Waals surface area contributed by atoms with Gasteiger partial charge in [-0.1, -0.05) is 35.9 Å². The first-order valence-corrected chi connectivity index (χ1v) is 11.8. The number of halogens is 3. The van der Waals surface area contributed by atoms with Crippen molar-refractivity contribution in [3.63, 3.8) is 0 Å². The lowest BCUT2D eigenvalue weighted by molar-refractivity contribution is -0.147. The minimum atomic E-state index is -3.75. The van der Waals surface area contributed by atoms with Crippen LogP contribution >= 0.6 is 11.6 Å². The summed E-state index contributed by atoms with van der Waals surface area (Å²) in [6.45, 7) is -0.0748. The zero-order chi connectivity index (χ0) is 26.6. The molecule has 2 aromatic rings. The van der Waals surface area contributed by atoms with Crippen LogP contribution in [0, 0.1) is 0 Å². The van der Waals surface area contributed by atoms with Crippen molar-refractivity contribution in [3.8, 4) is 0 Å². The van der Waals surface area contributed by atoms with E-state index in [1.54, 1.807) is 49.6 Å². The maximum Gasteiger partial charge on any atom is 0.349 e. The van der Waals surface area contributed by atoms with E-state index in [4.69, 9.17) is 11.6 Å². The molecule has 0 aliphatic carbocycles. The molecular formula is C22H22B4ClF2N3O4. The van der Waals surface area contributed by atoms with Gasteiger partial charge in [-0.25, -0.2) is 0 Å². The van der Waals surface area contributed by atoms with Crippen molar-refractivity contribution in [3.05, 3.63) is 69.7 Å². The van der Waals surface area contributed by atoms with Crippen molar-refractivity contribution in [2.75, 3.05) is 0 Å². The first-order valence-electron chi connectivity index (χ1n) is 11.4. The third kappa shape index (κ3) is 4.03. The molecule has 2 unspecified atom stereocenters. The standard InChI is InChI=1S/C22H22B4ClF2N3O4/c23-16-20(24,25)17(34)31-18(35)21(16,26)32-9-11-7-10(1-6-14(11)15(32)33)8-30-19(36)22(28,29)12-2-4-13(27)5-3-12/h1-7,16H,8-9,23-26H2,(H,30,36)(H,31,34,35). The number of alkyl halides is 2. The van der Waals surface area contributed by atoms with Crippen molar-refractivity contribution in [2.24, 2.45) is 0 Å². The summed E-state index contributed by atoms with van der Waals surface area (Å²) in [4.78, 5) is 52.2. The summed E-state index contributed by atoms with van der Waals surface area (Å²) in [7, 11) is 6.87. The van der Waals surface area contributed by atoms with Crippen molar-refractivity contribution in [2.45, 2.75) is 35.5 Å². The van der Waals surface area contributed by atoms with Gasteiger partial charge in [0.25, 0.3) is 11.8 Å². The molecule has 0 saturated carbocycles. The summed E-state index contributed by atoms with van der Waals surface area (Å²) >= 11 is 5.73. The van der Waals surface area contributed by atoms with Gasteiger partial charge in [-0.05, 0) is 40.4 Å². The second-order valence-electron chi connectivity index (χ2n) is 10.0. The predicted molar refractivity (Wildman–Crippen MR) is 140 cm³/mol. The molecule has 14 heteroatoms. The quantitative estimate of drug-likeness (QED) is 0.379. The van der Waals surface area contributed by atoms with E-state index in [2.05, 4.69) is 10.6 Å². The highest BCUT2D eigenvalue weighted by Crippen LogP contribution is 2.46. The molecule has 2 N–H and O–H groups in total. The summed E-state index contributed by atoms with van der Waals surface area (Å²) in [6.07, 6.45) is 0. The smallest absolute Gasteiger partial charge is 0.346 e. The molecule has 2 atom stereocenters. The van der Waals surface area contributed by atoms with Crippen LogP contribution in [-0.4, -0.2) is 65.4 Å². The van der Waals surface area contributed by atoms with Gasteiger partial charge in [0.05, 0.1) is 5.44 Å². The van der Waals surface area contributed by atoms with Crippen LogP contribution in [0.25, 0.3) is 0 Å². The Labute approximate surface area is 215 Å². The van der Waals surface area contributed by atoms with E-state index in [-0.39, 0.29) is 24.0 Å². The number of piperidine rings is 1. The molecule has 0 bridgehead atoms. The largest absolute Gasteiger partial charge is 0.349 e. The number of hydrogen-bond acceptors (Lipinski definition) is 4. The summed E-state index contributed by atoms with van der Waals surface area (Å²) in [6, 6.07) is 9.53. The molecule has 2 aliphatic heterocycles. The second kappa shape index (κ2) is 8.80. The molecule has 4 rings (SSSR count). The Morgan fingerprint density at radius 2 is 1.75 bits per heavy atom. The van der Waals surface area contributed by atoms with E-state index in [1.807, 2.05) is 0 Å². The van der Waals surface area contributed by atoms with Crippen LogP contribution in [0.3, 0.4) is 0 Å². The second-order valence-corrected chi connectivity index (χ2v) is 10.5. The summed E-state index contributed by atoms with van der Waals surface area (Å²) < 4.78 is 29.1. The third-order valence-electron chi connectivity index (χ3n) is 7.68. The Bertz CT molecular complexity index is 1290. The number of benzene rings is 2. The van der Waals surface area contributed by atoms with Crippen molar-refractivity contribution in [1.82, 2.24) is 15.5 Å². The number of amides is 4. The van der Waals surface area contributed by atoms with E-state index < -0.39 is 45.7 Å². The lowest BCUT2D eigenvalue weighted by Gasteiger charge is -2.51. The highest BCUT2D eigenvalue weighted by atomic mass is 35.5. The average molecular weight is 509 g/mol. The van der Waals surface area contributed by atoms with Gasteiger partial charge in [-0.2, -0.15) is 8.78 Å². The van der Waals surface area contributed by atoms with Gasteiger partial charge in [0, 0.05) is 29.2 Å². The molecule has 1 fully saturated rings. The molecule has 36 heavy (non-hydrogen) atoms. The molecule has 2 heterocycles. The maximum absolute atomic E-state index is 14.5. The van der Waals surface area contributed by atoms with Crippen LogP contribution < -0.4 is 10.6 Å². The lowest BCUT2D eigenvalue weighted by atomic mass is 9.35. The fourth-order valence-electron chi connectivity index (χ4n) is 4.79. The maximum atomic E-state index is 14.5. The van der Waals surface area contributed by atoms with Crippen LogP contribution in [-0.2, 0) is 33.4 Å². The number of rotatable bonds is 5. The Morgan fingerprint density at radius 1 is 1.11 bits per heavy atom. The number of hydrogen-bond donors (Lipinski definition) is 2. The molecule has 1 saturated heterocycles. The summed E-state index contributed by atoms with van der Waals surface area (Å²) in [5.41, 5.74) is -0.248. The number of nitrogens with zero attached hydrogens (tertiary/aromatic N) is 1. The summed E-state index contributed by atoms with van der Waals surface area (Å²) in [5.74, 6) is -6.98. The monoisotopic (exact) mass is 509 g/mol. The van der Waals surface area contributed by atoms with Gasteiger partial charge < -0.3 is 10.2 Å². The van der Waals surface area contributed by atoms with E-state index in [0.717, 1.165) is 12.1 Å². The van der Waals surface area contributed by atoms with E-state index in [9.17, 15) is 28.0 Å². The van der Waals surface area contributed by atoms with Gasteiger partial charge in [-0.3, -0.25) is 24.5 Å². The molecule has 0 aromatic heterocycles. The minimum absolute atomic E-state index is 0.107. The molecule has 4 amide bonds. The Hall–Kier alpha value is -3.07. The molecular weight excluding hydrogens is 487 g/mol. The molecule has 7 nitrogen and oxygen atoms in total. The molecule has 2 aliphatic rings. The number of fused-ring (bicyclic) bond motifs is 1. The number of imide groups is 1. The van der Waals surface area contributed by atoms with Crippen LogP contribution in [0.1, 0.15) is 27.0 Å². The van der Waals surface area contributed by atoms with E-state index >= 15 is 0 Å². The van der Waals surface area contributed by atoms with Gasteiger partial charge in [0.1, 0.15) is 31.4 Å². The predicted octanol–water partition coefficient (Wildman–Crippen LogP) is -1.51.